The lowest BCUT2D eigenvalue weighted by atomic mass is 9.73. The van der Waals surface area contributed by atoms with Crippen molar-refractivity contribution >= 4 is 23.2 Å². The van der Waals surface area contributed by atoms with Crippen LogP contribution < -0.4 is 5.32 Å². The van der Waals surface area contributed by atoms with Gasteiger partial charge in [0.05, 0.1) is 5.41 Å². The maximum absolute atomic E-state index is 13.1. The maximum atomic E-state index is 13.1. The van der Waals surface area contributed by atoms with Crippen molar-refractivity contribution in [1.82, 2.24) is 15.2 Å². The van der Waals surface area contributed by atoms with Gasteiger partial charge in [0, 0.05) is 31.2 Å². The monoisotopic (exact) mass is 419 g/mol. The van der Waals surface area contributed by atoms with Crippen molar-refractivity contribution in [3.05, 3.63) is 77.4 Å². The summed E-state index contributed by atoms with van der Waals surface area (Å²) < 4.78 is 0. The lowest BCUT2D eigenvalue weighted by Gasteiger charge is -2.41. The zero-order valence-corrected chi connectivity index (χ0v) is 17.8. The molecule has 5 nitrogen and oxygen atoms in total. The molecule has 1 atom stereocenters. The van der Waals surface area contributed by atoms with Crippen molar-refractivity contribution in [2.45, 2.75) is 19.3 Å². The van der Waals surface area contributed by atoms with Crippen LogP contribution in [0.3, 0.4) is 0 Å². The molecule has 4 rings (SSSR count). The van der Waals surface area contributed by atoms with Gasteiger partial charge in [0.25, 0.3) is 5.91 Å². The molecule has 1 aromatic carbocycles. The summed E-state index contributed by atoms with van der Waals surface area (Å²) in [5.74, 6) is -0.128. The van der Waals surface area contributed by atoms with E-state index in [1.165, 1.54) is 4.88 Å². The van der Waals surface area contributed by atoms with Crippen LogP contribution in [0.4, 0.5) is 0 Å². The fraction of sp³-hybridized carbons (Fsp3) is 0.292. The van der Waals surface area contributed by atoms with E-state index in [1.807, 2.05) is 24.3 Å². The Labute approximate surface area is 180 Å². The minimum atomic E-state index is -0.662. The minimum Gasteiger partial charge on any atom is -0.359 e. The van der Waals surface area contributed by atoms with Gasteiger partial charge in [0.15, 0.2) is 0 Å². The van der Waals surface area contributed by atoms with Crippen LogP contribution in [0.1, 0.15) is 28.9 Å². The summed E-state index contributed by atoms with van der Waals surface area (Å²) in [4.78, 5) is 33.4. The number of aromatic nitrogens is 1. The summed E-state index contributed by atoms with van der Waals surface area (Å²) in [7, 11) is 1.68. The SMILES string of the molecule is CNC(=O)[C@@]1(Cc2ccccc2-c2cccs2)CCCN(C(=O)c2ccccn2)C1. The van der Waals surface area contributed by atoms with E-state index in [4.69, 9.17) is 0 Å². The number of piperidine rings is 1. The second kappa shape index (κ2) is 8.79. The highest BCUT2D eigenvalue weighted by molar-refractivity contribution is 7.13. The second-order valence-electron chi connectivity index (χ2n) is 7.72. The molecule has 1 aliphatic rings. The van der Waals surface area contributed by atoms with Crippen molar-refractivity contribution in [2.24, 2.45) is 5.41 Å². The maximum Gasteiger partial charge on any atom is 0.272 e. The van der Waals surface area contributed by atoms with Gasteiger partial charge in [-0.3, -0.25) is 14.6 Å². The van der Waals surface area contributed by atoms with Crippen LogP contribution in [0.2, 0.25) is 0 Å². The van der Waals surface area contributed by atoms with Gasteiger partial charge in [-0.15, -0.1) is 11.3 Å². The number of benzene rings is 1. The summed E-state index contributed by atoms with van der Waals surface area (Å²) in [6.45, 7) is 1.03. The fourth-order valence-corrected chi connectivity index (χ4v) is 5.13. The number of nitrogens with zero attached hydrogens (tertiary/aromatic N) is 2. The average molecular weight is 420 g/mol. The van der Waals surface area contributed by atoms with Gasteiger partial charge >= 0.3 is 0 Å². The van der Waals surface area contributed by atoms with E-state index >= 15 is 0 Å². The second-order valence-corrected chi connectivity index (χ2v) is 8.66. The van der Waals surface area contributed by atoms with Crippen LogP contribution in [-0.4, -0.2) is 41.8 Å². The Balaban J connectivity index is 1.66. The first kappa shape index (κ1) is 20.3. The fourth-order valence-electron chi connectivity index (χ4n) is 4.34. The Kier molecular flexibility index (Phi) is 5.95. The molecule has 0 spiro atoms. The molecule has 2 amide bonds. The highest BCUT2D eigenvalue weighted by Crippen LogP contribution is 2.38. The Morgan fingerprint density at radius 1 is 1.13 bits per heavy atom. The first-order valence-corrected chi connectivity index (χ1v) is 11.1. The molecule has 1 N–H and O–H groups in total. The third kappa shape index (κ3) is 4.00. The molecule has 30 heavy (non-hydrogen) atoms. The molecule has 1 saturated heterocycles. The molecule has 0 radical (unpaired) electrons. The molecule has 1 aliphatic heterocycles. The van der Waals surface area contributed by atoms with E-state index in [1.54, 1.807) is 41.6 Å². The quantitative estimate of drug-likeness (QED) is 0.679. The van der Waals surface area contributed by atoms with Crippen LogP contribution in [-0.2, 0) is 11.2 Å². The molecule has 0 bridgehead atoms. The molecule has 0 unspecified atom stereocenters. The number of hydrogen-bond donors (Lipinski definition) is 1. The molecule has 1 fully saturated rings. The zero-order chi connectivity index (χ0) is 21.0. The molecule has 0 aliphatic carbocycles. The van der Waals surface area contributed by atoms with E-state index in [-0.39, 0.29) is 11.8 Å². The van der Waals surface area contributed by atoms with Gasteiger partial charge in [-0.1, -0.05) is 36.4 Å². The molecule has 154 valence electrons. The van der Waals surface area contributed by atoms with Gasteiger partial charge in [0.1, 0.15) is 5.69 Å². The normalized spacial score (nSPS) is 18.8. The summed E-state index contributed by atoms with van der Waals surface area (Å²) in [6.07, 6.45) is 3.75. The van der Waals surface area contributed by atoms with E-state index in [2.05, 4.69) is 33.9 Å². The van der Waals surface area contributed by atoms with Crippen LogP contribution in [0.25, 0.3) is 10.4 Å². The van der Waals surface area contributed by atoms with E-state index in [0.29, 0.717) is 25.2 Å². The zero-order valence-electron chi connectivity index (χ0n) is 17.0. The highest BCUT2D eigenvalue weighted by Gasteiger charge is 2.43. The van der Waals surface area contributed by atoms with Crippen molar-refractivity contribution in [2.75, 3.05) is 20.1 Å². The Hall–Kier alpha value is -2.99. The number of likely N-dealkylation sites (tertiary alicyclic amines) is 1. The van der Waals surface area contributed by atoms with Crippen molar-refractivity contribution in [3.63, 3.8) is 0 Å². The Morgan fingerprint density at radius 3 is 2.70 bits per heavy atom. The third-order valence-electron chi connectivity index (χ3n) is 5.79. The topological polar surface area (TPSA) is 62.3 Å². The molecular formula is C24H25N3O2S. The summed E-state index contributed by atoms with van der Waals surface area (Å²) in [6, 6.07) is 17.7. The molecule has 6 heteroatoms. The number of hydrogen-bond acceptors (Lipinski definition) is 4. The molecule has 3 aromatic rings. The minimum absolute atomic E-state index is 0.0120. The highest BCUT2D eigenvalue weighted by atomic mass is 32.1. The summed E-state index contributed by atoms with van der Waals surface area (Å²) in [5.41, 5.74) is 2.05. The third-order valence-corrected chi connectivity index (χ3v) is 6.69. The summed E-state index contributed by atoms with van der Waals surface area (Å²) >= 11 is 1.69. The number of rotatable bonds is 5. The first-order valence-electron chi connectivity index (χ1n) is 10.2. The average Bonchev–Trinajstić information content (AvgIpc) is 3.34. The number of pyridine rings is 1. The van der Waals surface area contributed by atoms with Crippen LogP contribution in [0, 0.1) is 5.41 Å². The predicted molar refractivity (Wildman–Crippen MR) is 119 cm³/mol. The Morgan fingerprint density at radius 2 is 1.97 bits per heavy atom. The number of carbonyl (C=O) groups is 2. The van der Waals surface area contributed by atoms with E-state index < -0.39 is 5.41 Å². The van der Waals surface area contributed by atoms with Crippen LogP contribution in [0.15, 0.2) is 66.2 Å². The van der Waals surface area contributed by atoms with Crippen LogP contribution in [0.5, 0.6) is 0 Å². The molecule has 2 aromatic heterocycles. The Bertz CT molecular complexity index is 1020. The summed E-state index contributed by atoms with van der Waals surface area (Å²) in [5, 5.41) is 4.92. The lowest BCUT2D eigenvalue weighted by molar-refractivity contribution is -0.133. The number of nitrogens with one attached hydrogen (secondary N) is 1. The smallest absolute Gasteiger partial charge is 0.272 e. The number of thiophene rings is 1. The first-order chi connectivity index (χ1) is 14.6. The largest absolute Gasteiger partial charge is 0.359 e. The molecular weight excluding hydrogens is 394 g/mol. The van der Waals surface area contributed by atoms with Crippen LogP contribution >= 0.6 is 11.3 Å². The van der Waals surface area contributed by atoms with E-state index in [0.717, 1.165) is 24.0 Å². The standard InChI is InChI=1S/C24H25N3O2S/c1-25-23(29)24(16-18-8-2-3-9-19(18)21-11-6-15-30-21)12-7-14-27(17-24)22(28)20-10-4-5-13-26-20/h2-6,8-11,13,15H,7,12,14,16-17H2,1H3,(H,25,29)/t24-/m1/s1. The van der Waals surface area contributed by atoms with Gasteiger partial charge in [0.2, 0.25) is 5.91 Å². The van der Waals surface area contributed by atoms with Gasteiger partial charge < -0.3 is 10.2 Å². The van der Waals surface area contributed by atoms with Crippen molar-refractivity contribution < 1.29 is 9.59 Å². The van der Waals surface area contributed by atoms with Gasteiger partial charge in [-0.05, 0) is 54.0 Å². The number of amides is 2. The predicted octanol–water partition coefficient (Wildman–Crippen LogP) is 4.02. The van der Waals surface area contributed by atoms with Gasteiger partial charge in [-0.25, -0.2) is 0 Å². The lowest BCUT2D eigenvalue weighted by Crippen LogP contribution is -2.54. The van der Waals surface area contributed by atoms with E-state index in [9.17, 15) is 9.59 Å². The van der Waals surface area contributed by atoms with Crippen molar-refractivity contribution in [1.29, 1.82) is 0 Å². The van der Waals surface area contributed by atoms with Gasteiger partial charge in [-0.2, -0.15) is 0 Å². The number of carbonyl (C=O) groups excluding carboxylic acids is 2. The molecule has 0 saturated carbocycles. The molecule has 3 heterocycles. The van der Waals surface area contributed by atoms with Crippen molar-refractivity contribution in [3.8, 4) is 10.4 Å².